The number of anilines is 1. The monoisotopic (exact) mass is 469 g/mol. The van der Waals surface area contributed by atoms with Crippen molar-refractivity contribution in [2.45, 2.75) is 26.7 Å². The Morgan fingerprint density at radius 3 is 2.11 bits per heavy atom. The maximum Gasteiger partial charge on any atom is 0.255 e. The van der Waals surface area contributed by atoms with E-state index in [-0.39, 0.29) is 11.5 Å². The molecule has 0 atom stereocenters. The van der Waals surface area contributed by atoms with Gasteiger partial charge in [-0.25, -0.2) is 4.68 Å². The molecule has 0 radical (unpaired) electrons. The van der Waals surface area contributed by atoms with E-state index < -0.39 is 0 Å². The molecule has 2 aromatic carbocycles. The first kappa shape index (κ1) is 22.9. The minimum Gasteiger partial charge on any atom is -0.368 e. The first-order valence-electron chi connectivity index (χ1n) is 12.2. The van der Waals surface area contributed by atoms with Crippen LogP contribution in [-0.2, 0) is 18.3 Å². The van der Waals surface area contributed by atoms with Gasteiger partial charge in [0.15, 0.2) is 0 Å². The van der Waals surface area contributed by atoms with Crippen molar-refractivity contribution in [3.63, 3.8) is 0 Å². The fraction of sp³-hybridized carbons (Fsp3) is 0.321. The fourth-order valence-electron chi connectivity index (χ4n) is 5.16. The second-order valence-electron chi connectivity index (χ2n) is 9.20. The first-order chi connectivity index (χ1) is 17.0. The van der Waals surface area contributed by atoms with Gasteiger partial charge in [0.05, 0.1) is 11.4 Å². The molecule has 1 fully saturated rings. The molecule has 0 N–H and O–H groups in total. The number of carbonyl (C=O) groups is 1. The summed E-state index contributed by atoms with van der Waals surface area (Å²) in [7, 11) is 1.79. The number of hydrogen-bond acceptors (Lipinski definition) is 4. The third-order valence-corrected chi connectivity index (χ3v) is 7.09. The summed E-state index contributed by atoms with van der Waals surface area (Å²) in [5.41, 5.74) is 5.33. The van der Waals surface area contributed by atoms with Crippen LogP contribution in [0.1, 0.15) is 23.2 Å². The molecule has 0 spiro atoms. The number of piperazine rings is 1. The number of hydrogen-bond donors (Lipinski definition) is 0. The smallest absolute Gasteiger partial charge is 0.255 e. The summed E-state index contributed by atoms with van der Waals surface area (Å²) in [6.07, 6.45) is 0.765. The molecular weight excluding hydrogens is 438 g/mol. The Morgan fingerprint density at radius 1 is 0.886 bits per heavy atom. The van der Waals surface area contributed by atoms with Gasteiger partial charge in [-0.2, -0.15) is 5.10 Å². The van der Waals surface area contributed by atoms with Crippen molar-refractivity contribution in [2.75, 3.05) is 31.1 Å². The molecule has 4 aromatic rings. The molecule has 0 saturated carbocycles. The van der Waals surface area contributed by atoms with Crippen LogP contribution in [0.3, 0.4) is 0 Å². The Morgan fingerprint density at radius 2 is 1.49 bits per heavy atom. The number of rotatable bonds is 5. The van der Waals surface area contributed by atoms with E-state index in [4.69, 9.17) is 5.10 Å². The molecule has 35 heavy (non-hydrogen) atoms. The number of nitrogens with zero attached hydrogens (tertiary/aromatic N) is 5. The van der Waals surface area contributed by atoms with Crippen LogP contribution < -0.4 is 10.5 Å². The van der Waals surface area contributed by atoms with Crippen LogP contribution in [0.15, 0.2) is 65.5 Å². The molecule has 5 rings (SSSR count). The molecule has 7 heteroatoms. The normalized spacial score (nSPS) is 14.0. The number of benzene rings is 2. The van der Waals surface area contributed by atoms with Crippen molar-refractivity contribution in [1.29, 1.82) is 0 Å². The molecule has 1 aliphatic rings. The number of aryl methyl sites for hydroxylation is 3. The van der Waals surface area contributed by atoms with Crippen molar-refractivity contribution in [2.24, 2.45) is 7.05 Å². The van der Waals surface area contributed by atoms with E-state index in [1.54, 1.807) is 11.6 Å². The number of aromatic nitrogens is 3. The second-order valence-corrected chi connectivity index (χ2v) is 9.20. The molecule has 2 aromatic heterocycles. The van der Waals surface area contributed by atoms with Gasteiger partial charge in [0.1, 0.15) is 5.65 Å². The fourth-order valence-corrected chi connectivity index (χ4v) is 5.16. The lowest BCUT2D eigenvalue weighted by molar-refractivity contribution is -0.131. The summed E-state index contributed by atoms with van der Waals surface area (Å²) >= 11 is 0. The van der Waals surface area contributed by atoms with Gasteiger partial charge in [-0.15, -0.1) is 0 Å². The predicted octanol–water partition coefficient (Wildman–Crippen LogP) is 3.62. The Balaban J connectivity index is 1.34. The van der Waals surface area contributed by atoms with E-state index in [2.05, 4.69) is 17.0 Å². The molecule has 0 bridgehead atoms. The highest BCUT2D eigenvalue weighted by atomic mass is 16.2. The van der Waals surface area contributed by atoms with Crippen molar-refractivity contribution in [3.05, 3.63) is 87.8 Å². The first-order valence-corrected chi connectivity index (χ1v) is 12.2. The number of amides is 1. The lowest BCUT2D eigenvalue weighted by atomic mass is 10.0. The quantitative estimate of drug-likeness (QED) is 0.448. The van der Waals surface area contributed by atoms with E-state index in [9.17, 15) is 9.59 Å². The summed E-state index contributed by atoms with van der Waals surface area (Å²) in [6.45, 7) is 6.99. The van der Waals surface area contributed by atoms with E-state index in [0.29, 0.717) is 31.5 Å². The number of para-hydroxylation sites is 2. The third kappa shape index (κ3) is 4.22. The minimum atomic E-state index is -0.0613. The van der Waals surface area contributed by atoms with E-state index in [0.717, 1.165) is 41.1 Å². The van der Waals surface area contributed by atoms with Gasteiger partial charge in [-0.05, 0) is 50.1 Å². The van der Waals surface area contributed by atoms with Gasteiger partial charge < -0.3 is 9.80 Å². The Labute approximate surface area is 205 Å². The topological polar surface area (TPSA) is 63.4 Å². The van der Waals surface area contributed by atoms with Crippen LogP contribution in [0.2, 0.25) is 0 Å². The van der Waals surface area contributed by atoms with E-state index >= 15 is 0 Å². The van der Waals surface area contributed by atoms with Crippen LogP contribution in [0, 0.1) is 13.8 Å². The number of fused-ring (bicyclic) bond motifs is 1. The standard InChI is InChI=1S/C28H31N5O2/c1-20-24(14-15-25(34)32-18-16-31(17-19-32)22-10-6-4-7-11-22)28(35)30(3)27-26(20)21(2)29-33(27)23-12-8-5-9-13-23/h4-13H,14-19H2,1-3H3. The molecule has 0 unspecified atom stereocenters. The van der Waals surface area contributed by atoms with Crippen LogP contribution in [0.4, 0.5) is 5.69 Å². The Bertz CT molecular complexity index is 1420. The lowest BCUT2D eigenvalue weighted by Gasteiger charge is -2.36. The summed E-state index contributed by atoms with van der Waals surface area (Å²) in [6, 6.07) is 20.2. The number of pyridine rings is 1. The molecule has 0 aliphatic carbocycles. The van der Waals surface area contributed by atoms with E-state index in [1.807, 2.05) is 72.0 Å². The van der Waals surface area contributed by atoms with Gasteiger partial charge in [-0.1, -0.05) is 36.4 Å². The van der Waals surface area contributed by atoms with E-state index in [1.165, 1.54) is 5.69 Å². The average Bonchev–Trinajstić information content (AvgIpc) is 3.25. The SMILES string of the molecule is Cc1nn(-c2ccccc2)c2c1c(C)c(CCC(=O)N1CCN(c3ccccc3)CC1)c(=O)n2C. The molecule has 3 heterocycles. The van der Waals surface area contributed by atoms with Gasteiger partial charge >= 0.3 is 0 Å². The zero-order valence-corrected chi connectivity index (χ0v) is 20.6. The zero-order valence-electron chi connectivity index (χ0n) is 20.6. The molecule has 7 nitrogen and oxygen atoms in total. The maximum absolute atomic E-state index is 13.4. The lowest BCUT2D eigenvalue weighted by Crippen LogP contribution is -2.48. The molecule has 1 amide bonds. The third-order valence-electron chi connectivity index (χ3n) is 7.09. The molecular formula is C28H31N5O2. The Hall–Kier alpha value is -3.87. The van der Waals surface area contributed by atoms with Gasteiger partial charge in [0, 0.05) is 56.3 Å². The highest BCUT2D eigenvalue weighted by Crippen LogP contribution is 2.26. The molecule has 180 valence electrons. The average molecular weight is 470 g/mol. The zero-order chi connectivity index (χ0) is 24.5. The number of carbonyl (C=O) groups excluding carboxylic acids is 1. The second kappa shape index (κ2) is 9.41. The summed E-state index contributed by atoms with van der Waals surface area (Å²) in [4.78, 5) is 30.6. The summed E-state index contributed by atoms with van der Waals surface area (Å²) < 4.78 is 3.51. The molecule has 1 aliphatic heterocycles. The van der Waals surface area contributed by atoms with Gasteiger partial charge in [-0.3, -0.25) is 14.2 Å². The minimum absolute atomic E-state index is 0.0613. The highest BCUT2D eigenvalue weighted by molar-refractivity contribution is 5.85. The molecule has 1 saturated heterocycles. The van der Waals surface area contributed by atoms with Crippen molar-refractivity contribution in [3.8, 4) is 5.69 Å². The van der Waals surface area contributed by atoms with Crippen LogP contribution in [-0.4, -0.2) is 51.3 Å². The summed E-state index contributed by atoms with van der Waals surface area (Å²) in [5.74, 6) is 0.107. The Kier molecular flexibility index (Phi) is 6.16. The highest BCUT2D eigenvalue weighted by Gasteiger charge is 2.23. The van der Waals surface area contributed by atoms with Gasteiger partial charge in [0.25, 0.3) is 5.56 Å². The van der Waals surface area contributed by atoms with Crippen LogP contribution in [0.5, 0.6) is 0 Å². The van der Waals surface area contributed by atoms with Crippen molar-refractivity contribution >= 4 is 22.6 Å². The maximum atomic E-state index is 13.4. The largest absolute Gasteiger partial charge is 0.368 e. The predicted molar refractivity (Wildman–Crippen MR) is 139 cm³/mol. The van der Waals surface area contributed by atoms with Gasteiger partial charge in [0.2, 0.25) is 5.91 Å². The van der Waals surface area contributed by atoms with Crippen molar-refractivity contribution in [1.82, 2.24) is 19.2 Å². The summed E-state index contributed by atoms with van der Waals surface area (Å²) in [5, 5.41) is 5.72. The van der Waals surface area contributed by atoms with Crippen molar-refractivity contribution < 1.29 is 4.79 Å². The van der Waals surface area contributed by atoms with Crippen LogP contribution in [0.25, 0.3) is 16.7 Å². The van der Waals surface area contributed by atoms with Crippen LogP contribution >= 0.6 is 0 Å².